The molecule has 0 radical (unpaired) electrons. The van der Waals surface area contributed by atoms with E-state index in [-0.39, 0.29) is 31.3 Å². The Balaban J connectivity index is 1.48. The minimum atomic E-state index is -1.18. The van der Waals surface area contributed by atoms with Crippen molar-refractivity contribution in [1.29, 1.82) is 0 Å². The van der Waals surface area contributed by atoms with E-state index in [1.54, 1.807) is 24.3 Å². The average molecular weight is 517 g/mol. The zero-order valence-corrected chi connectivity index (χ0v) is 21.6. The van der Waals surface area contributed by atoms with Gasteiger partial charge >= 0.3 is 0 Å². The summed E-state index contributed by atoms with van der Waals surface area (Å²) >= 11 is 0. The van der Waals surface area contributed by atoms with Crippen LogP contribution in [0, 0.1) is 0 Å². The molecule has 200 valence electrons. The Hall–Kier alpha value is -3.75. The number of benzene rings is 3. The number of hydrogen-bond acceptors (Lipinski definition) is 5. The lowest BCUT2D eigenvalue weighted by atomic mass is 9.80. The van der Waals surface area contributed by atoms with E-state index in [1.165, 1.54) is 0 Å². The molecule has 3 aromatic carbocycles. The highest BCUT2D eigenvalue weighted by atomic mass is 16.3. The van der Waals surface area contributed by atoms with Crippen molar-refractivity contribution in [2.45, 2.75) is 56.6 Å². The molecule has 5 N–H and O–H groups in total. The molecule has 4 rings (SSSR count). The summed E-state index contributed by atoms with van der Waals surface area (Å²) in [5, 5.41) is 16.6. The number of hydrazine groups is 1. The molecule has 0 unspecified atom stereocenters. The third-order valence-electron chi connectivity index (χ3n) is 7.13. The average Bonchev–Trinajstić information content (AvgIpc) is 2.96. The van der Waals surface area contributed by atoms with Gasteiger partial charge in [-0.05, 0) is 47.7 Å². The highest BCUT2D eigenvalue weighted by Gasteiger charge is 2.44. The van der Waals surface area contributed by atoms with Crippen LogP contribution in [0.25, 0.3) is 10.8 Å². The van der Waals surface area contributed by atoms with Crippen molar-refractivity contribution in [2.75, 3.05) is 13.1 Å². The van der Waals surface area contributed by atoms with E-state index in [4.69, 9.17) is 5.73 Å². The molecule has 8 nitrogen and oxygen atoms in total. The van der Waals surface area contributed by atoms with Crippen LogP contribution >= 0.6 is 0 Å². The summed E-state index contributed by atoms with van der Waals surface area (Å²) in [7, 11) is 0. The summed E-state index contributed by atoms with van der Waals surface area (Å²) in [6, 6.07) is 22.8. The third kappa shape index (κ3) is 6.76. The Kier molecular flexibility index (Phi) is 9.10. The predicted molar refractivity (Wildman–Crippen MR) is 147 cm³/mol. The highest BCUT2D eigenvalue weighted by molar-refractivity contribution is 5.99. The van der Waals surface area contributed by atoms with E-state index in [0.717, 1.165) is 40.6 Å². The van der Waals surface area contributed by atoms with Crippen molar-refractivity contribution in [3.63, 3.8) is 0 Å². The number of fused-ring (bicyclic) bond motifs is 1. The van der Waals surface area contributed by atoms with Crippen LogP contribution in [0.1, 0.15) is 54.4 Å². The van der Waals surface area contributed by atoms with Gasteiger partial charge in [-0.3, -0.25) is 19.8 Å². The lowest BCUT2D eigenvalue weighted by Gasteiger charge is -2.40. The number of nitrogens with two attached hydrogens (primary N) is 1. The number of hydrogen-bond donors (Lipinski definition) is 4. The van der Waals surface area contributed by atoms with E-state index in [2.05, 4.69) is 16.8 Å². The van der Waals surface area contributed by atoms with Crippen molar-refractivity contribution in [2.24, 2.45) is 5.73 Å². The topological polar surface area (TPSA) is 125 Å². The van der Waals surface area contributed by atoms with E-state index >= 15 is 0 Å². The fourth-order valence-electron chi connectivity index (χ4n) is 5.01. The number of carbonyl (C=O) groups excluding carboxylic acids is 3. The number of aryl methyl sites for hydroxylation is 1. The molecule has 1 fully saturated rings. The maximum absolute atomic E-state index is 13.9. The number of rotatable bonds is 9. The predicted octanol–water partition coefficient (Wildman–Crippen LogP) is 3.08. The second-order valence-corrected chi connectivity index (χ2v) is 9.98. The second kappa shape index (κ2) is 12.7. The van der Waals surface area contributed by atoms with Gasteiger partial charge in [-0.25, -0.2) is 5.01 Å². The molecule has 0 spiro atoms. The van der Waals surface area contributed by atoms with E-state index in [1.807, 2.05) is 42.5 Å². The Labute approximate surface area is 223 Å². The number of aliphatic hydroxyl groups is 1. The summed E-state index contributed by atoms with van der Waals surface area (Å²) in [5.41, 5.74) is 8.62. The number of carbonyl (C=O) groups is 3. The van der Waals surface area contributed by atoms with Crippen molar-refractivity contribution in [3.8, 4) is 0 Å². The summed E-state index contributed by atoms with van der Waals surface area (Å²) in [5.74, 6) is -1.13. The maximum Gasteiger partial charge on any atom is 0.266 e. The zero-order valence-electron chi connectivity index (χ0n) is 21.6. The van der Waals surface area contributed by atoms with Gasteiger partial charge in [0.15, 0.2) is 0 Å². The van der Waals surface area contributed by atoms with Gasteiger partial charge in [-0.15, -0.1) is 0 Å². The van der Waals surface area contributed by atoms with Crippen LogP contribution in [0.3, 0.4) is 0 Å². The van der Waals surface area contributed by atoms with Crippen LogP contribution in [0.5, 0.6) is 0 Å². The van der Waals surface area contributed by atoms with Crippen molar-refractivity contribution in [3.05, 3.63) is 83.9 Å². The molecule has 0 aliphatic heterocycles. The third-order valence-corrected chi connectivity index (χ3v) is 7.13. The van der Waals surface area contributed by atoms with Crippen LogP contribution in [-0.2, 0) is 16.0 Å². The van der Waals surface area contributed by atoms with Crippen molar-refractivity contribution in [1.82, 2.24) is 15.8 Å². The molecule has 0 bridgehead atoms. The molecule has 1 aliphatic carbocycles. The molecule has 1 aliphatic rings. The fourth-order valence-corrected chi connectivity index (χ4v) is 5.01. The van der Waals surface area contributed by atoms with E-state index in [9.17, 15) is 19.5 Å². The molecule has 3 aromatic rings. The first-order chi connectivity index (χ1) is 18.4. The minimum Gasteiger partial charge on any atom is -0.390 e. The monoisotopic (exact) mass is 516 g/mol. The van der Waals surface area contributed by atoms with Crippen LogP contribution in [0.15, 0.2) is 72.8 Å². The summed E-state index contributed by atoms with van der Waals surface area (Å²) in [6.45, 7) is -0.236. The van der Waals surface area contributed by atoms with Crippen LogP contribution < -0.4 is 16.5 Å². The van der Waals surface area contributed by atoms with E-state index < -0.39 is 17.6 Å². The van der Waals surface area contributed by atoms with Gasteiger partial charge in [0.2, 0.25) is 5.91 Å². The molecule has 0 saturated heterocycles. The summed E-state index contributed by atoms with van der Waals surface area (Å²) in [6.07, 6.45) is 3.02. The van der Waals surface area contributed by atoms with Gasteiger partial charge in [0.05, 0.1) is 12.6 Å². The molecular formula is C30H36N4O4. The highest BCUT2D eigenvalue weighted by Crippen LogP contribution is 2.30. The first kappa shape index (κ1) is 27.3. The summed E-state index contributed by atoms with van der Waals surface area (Å²) in [4.78, 5) is 40.0. The maximum atomic E-state index is 13.9. The van der Waals surface area contributed by atoms with Gasteiger partial charge in [0.1, 0.15) is 5.54 Å². The lowest BCUT2D eigenvalue weighted by Crippen LogP contribution is -2.64. The molecular weight excluding hydrogens is 480 g/mol. The van der Waals surface area contributed by atoms with Crippen LogP contribution in [0.4, 0.5) is 0 Å². The summed E-state index contributed by atoms with van der Waals surface area (Å²) < 4.78 is 0. The molecule has 0 aromatic heterocycles. The number of aliphatic hydroxyl groups excluding tert-OH is 1. The van der Waals surface area contributed by atoms with Gasteiger partial charge < -0.3 is 16.2 Å². The molecule has 1 saturated carbocycles. The first-order valence-corrected chi connectivity index (χ1v) is 13.2. The molecule has 38 heavy (non-hydrogen) atoms. The van der Waals surface area contributed by atoms with Gasteiger partial charge in [0.25, 0.3) is 11.8 Å². The van der Waals surface area contributed by atoms with Crippen LogP contribution in [-0.4, -0.2) is 52.6 Å². The Morgan fingerprint density at radius 1 is 0.921 bits per heavy atom. The Bertz CT molecular complexity index is 1260. The largest absolute Gasteiger partial charge is 0.390 e. The van der Waals surface area contributed by atoms with E-state index in [0.29, 0.717) is 24.8 Å². The van der Waals surface area contributed by atoms with Gasteiger partial charge in [0, 0.05) is 18.5 Å². The number of nitrogens with zero attached hydrogens (tertiary/aromatic N) is 1. The number of nitrogens with one attached hydrogen (secondary N) is 2. The SMILES string of the molecule is NC[C@@H](O)CN(NC(=O)CCc1ccc2ccccc2c1)C(=O)C1(NC(=O)c2ccccc2)CCCCC1. The van der Waals surface area contributed by atoms with Gasteiger partial charge in [-0.2, -0.15) is 0 Å². The fraction of sp³-hybridized carbons (Fsp3) is 0.367. The van der Waals surface area contributed by atoms with Crippen LogP contribution in [0.2, 0.25) is 0 Å². The minimum absolute atomic E-state index is 0.0693. The normalized spacial score (nSPS) is 15.4. The Morgan fingerprint density at radius 3 is 2.32 bits per heavy atom. The van der Waals surface area contributed by atoms with Crippen molar-refractivity contribution >= 4 is 28.5 Å². The molecule has 0 heterocycles. The molecule has 1 atom stereocenters. The number of amides is 3. The molecule has 8 heteroatoms. The molecule has 3 amide bonds. The first-order valence-electron chi connectivity index (χ1n) is 13.2. The lowest BCUT2D eigenvalue weighted by molar-refractivity contribution is -0.149. The standard InChI is InChI=1S/C30H36N4O4/c31-20-26(35)21-34(33-27(36)16-14-22-13-15-23-9-5-6-12-25(23)19-22)29(38)30(17-7-2-8-18-30)32-28(37)24-10-3-1-4-11-24/h1,3-6,9-13,15,19,26,35H,2,7-8,14,16-18,20-21,31H2,(H,32,37)(H,33,36)/t26-/m1/s1. The Morgan fingerprint density at radius 2 is 1.61 bits per heavy atom. The smallest absolute Gasteiger partial charge is 0.266 e. The zero-order chi connectivity index (χ0) is 27.0. The van der Waals surface area contributed by atoms with Gasteiger partial charge in [-0.1, -0.05) is 79.9 Å². The second-order valence-electron chi connectivity index (χ2n) is 9.98. The van der Waals surface area contributed by atoms with Crippen molar-refractivity contribution < 1.29 is 19.5 Å². The quantitative estimate of drug-likeness (QED) is 0.325.